The zero-order valence-corrected chi connectivity index (χ0v) is 12.9. The maximum atomic E-state index is 11.6. The van der Waals surface area contributed by atoms with Crippen LogP contribution in [0.1, 0.15) is 32.0 Å². The minimum atomic E-state index is -0.0776. The minimum absolute atomic E-state index is 0.0776. The normalized spacial score (nSPS) is 24.7. The van der Waals surface area contributed by atoms with Crippen LogP contribution in [-0.2, 0) is 17.7 Å². The van der Waals surface area contributed by atoms with Crippen LogP contribution in [0, 0.1) is 11.8 Å². The molecule has 2 fully saturated rings. The molecular formula is C15H26N4O2. The zero-order chi connectivity index (χ0) is 14.7. The Balaban J connectivity index is 1.48. The summed E-state index contributed by atoms with van der Waals surface area (Å²) in [5.74, 6) is 2.31. The minimum Gasteiger partial charge on any atom is -0.381 e. The summed E-state index contributed by atoms with van der Waals surface area (Å²) in [4.78, 5) is 14.2. The maximum Gasteiger partial charge on any atom is 0.343 e. The van der Waals surface area contributed by atoms with Gasteiger partial charge in [-0.1, -0.05) is 0 Å². The highest BCUT2D eigenvalue weighted by Crippen LogP contribution is 2.23. The fraction of sp³-hybridized carbons (Fsp3) is 0.867. The number of aromatic amines is 1. The Morgan fingerprint density at radius 3 is 2.76 bits per heavy atom. The predicted octanol–water partition coefficient (Wildman–Crippen LogP) is 0.882. The number of rotatable bonds is 5. The van der Waals surface area contributed by atoms with Crippen molar-refractivity contribution in [1.29, 1.82) is 0 Å². The predicted molar refractivity (Wildman–Crippen MR) is 80.3 cm³/mol. The number of H-pyrrole nitrogens is 1. The molecule has 3 rings (SSSR count). The van der Waals surface area contributed by atoms with E-state index in [0.29, 0.717) is 12.5 Å². The van der Waals surface area contributed by atoms with Gasteiger partial charge in [0.15, 0.2) is 0 Å². The van der Waals surface area contributed by atoms with Crippen LogP contribution in [0.4, 0.5) is 0 Å². The van der Waals surface area contributed by atoms with Crippen LogP contribution in [0.2, 0.25) is 0 Å². The lowest BCUT2D eigenvalue weighted by Gasteiger charge is -2.33. The molecule has 0 unspecified atom stereocenters. The van der Waals surface area contributed by atoms with Crippen molar-refractivity contribution in [2.45, 2.75) is 39.2 Å². The topological polar surface area (TPSA) is 63.1 Å². The van der Waals surface area contributed by atoms with Gasteiger partial charge in [0, 0.05) is 26.1 Å². The average molecular weight is 294 g/mol. The summed E-state index contributed by atoms with van der Waals surface area (Å²) >= 11 is 0. The highest BCUT2D eigenvalue weighted by molar-refractivity contribution is 4.90. The van der Waals surface area contributed by atoms with E-state index < -0.39 is 0 Å². The number of hydrogen-bond acceptors (Lipinski definition) is 4. The van der Waals surface area contributed by atoms with Crippen molar-refractivity contribution in [3.63, 3.8) is 0 Å². The van der Waals surface area contributed by atoms with Crippen molar-refractivity contribution in [2.24, 2.45) is 11.8 Å². The lowest BCUT2D eigenvalue weighted by molar-refractivity contribution is 0.140. The Kier molecular flexibility index (Phi) is 4.75. The summed E-state index contributed by atoms with van der Waals surface area (Å²) in [5.41, 5.74) is -0.0776. The third kappa shape index (κ3) is 3.55. The summed E-state index contributed by atoms with van der Waals surface area (Å²) in [7, 11) is 0. The van der Waals surface area contributed by atoms with Crippen LogP contribution >= 0.6 is 0 Å². The molecule has 1 N–H and O–H groups in total. The van der Waals surface area contributed by atoms with Gasteiger partial charge in [0.1, 0.15) is 5.82 Å². The number of nitrogens with one attached hydrogen (secondary N) is 1. The SMILES string of the molecule is CCn1c(CC2CCN(C[C@H]3CCOC3)CC2)n[nH]c1=O. The first-order chi connectivity index (χ1) is 10.3. The van der Waals surface area contributed by atoms with E-state index in [1.807, 2.05) is 6.92 Å². The molecule has 6 heteroatoms. The Morgan fingerprint density at radius 2 is 2.10 bits per heavy atom. The Bertz CT molecular complexity index is 496. The highest BCUT2D eigenvalue weighted by Gasteiger charge is 2.25. The fourth-order valence-electron chi connectivity index (χ4n) is 3.56. The molecule has 2 saturated heterocycles. The van der Waals surface area contributed by atoms with Gasteiger partial charge in [-0.05, 0) is 51.1 Å². The summed E-state index contributed by atoms with van der Waals surface area (Å²) in [6.45, 7) is 8.10. The van der Waals surface area contributed by atoms with Crippen LogP contribution in [0.3, 0.4) is 0 Å². The first-order valence-electron chi connectivity index (χ1n) is 8.20. The molecule has 1 atom stereocenters. The number of piperidine rings is 1. The van der Waals surface area contributed by atoms with Crippen LogP contribution in [0.5, 0.6) is 0 Å². The monoisotopic (exact) mass is 294 g/mol. The van der Waals surface area contributed by atoms with Gasteiger partial charge in [0.2, 0.25) is 0 Å². The molecule has 1 aromatic rings. The van der Waals surface area contributed by atoms with Crippen LogP contribution in [0.25, 0.3) is 0 Å². The number of ether oxygens (including phenoxy) is 1. The van der Waals surface area contributed by atoms with Crippen molar-refractivity contribution >= 4 is 0 Å². The fourth-order valence-corrected chi connectivity index (χ4v) is 3.56. The van der Waals surface area contributed by atoms with Gasteiger partial charge in [-0.2, -0.15) is 5.10 Å². The van der Waals surface area contributed by atoms with E-state index in [-0.39, 0.29) is 5.69 Å². The standard InChI is InChI=1S/C15H26N4O2/c1-2-19-14(16-17-15(19)20)9-12-3-6-18(7-4-12)10-13-5-8-21-11-13/h12-13H,2-11H2,1H3,(H,17,20)/t13-/m1/s1. The van der Waals surface area contributed by atoms with Gasteiger partial charge in [0.05, 0.1) is 6.61 Å². The van der Waals surface area contributed by atoms with Crippen molar-refractivity contribution in [2.75, 3.05) is 32.8 Å². The Labute approximate surface area is 125 Å². The second kappa shape index (κ2) is 6.75. The summed E-state index contributed by atoms with van der Waals surface area (Å²) < 4.78 is 7.21. The van der Waals surface area contributed by atoms with Crippen LogP contribution < -0.4 is 5.69 Å². The van der Waals surface area contributed by atoms with Gasteiger partial charge in [0.25, 0.3) is 0 Å². The van der Waals surface area contributed by atoms with Gasteiger partial charge >= 0.3 is 5.69 Å². The lowest BCUT2D eigenvalue weighted by atomic mass is 9.92. The lowest BCUT2D eigenvalue weighted by Crippen LogP contribution is -2.38. The maximum absolute atomic E-state index is 11.6. The molecule has 2 aliphatic rings. The number of likely N-dealkylation sites (tertiary alicyclic amines) is 1. The summed E-state index contributed by atoms with van der Waals surface area (Å²) in [5, 5.41) is 6.75. The molecule has 0 aromatic carbocycles. The highest BCUT2D eigenvalue weighted by atomic mass is 16.5. The van der Waals surface area contributed by atoms with Crippen molar-refractivity contribution < 1.29 is 4.74 Å². The van der Waals surface area contributed by atoms with Crippen molar-refractivity contribution in [1.82, 2.24) is 19.7 Å². The second-order valence-electron chi connectivity index (χ2n) is 6.37. The van der Waals surface area contributed by atoms with Crippen LogP contribution in [0.15, 0.2) is 4.79 Å². The number of nitrogens with zero attached hydrogens (tertiary/aromatic N) is 3. The van der Waals surface area contributed by atoms with Crippen molar-refractivity contribution in [3.05, 3.63) is 16.3 Å². The molecule has 2 aliphatic heterocycles. The molecule has 1 aromatic heterocycles. The van der Waals surface area contributed by atoms with Gasteiger partial charge < -0.3 is 9.64 Å². The molecule has 21 heavy (non-hydrogen) atoms. The van der Waals surface area contributed by atoms with Gasteiger partial charge in [-0.3, -0.25) is 4.57 Å². The molecule has 0 radical (unpaired) electrons. The summed E-state index contributed by atoms with van der Waals surface area (Å²) in [6, 6.07) is 0. The van der Waals surface area contributed by atoms with Crippen molar-refractivity contribution in [3.8, 4) is 0 Å². The third-order valence-corrected chi connectivity index (χ3v) is 4.87. The van der Waals surface area contributed by atoms with E-state index in [9.17, 15) is 4.79 Å². The molecule has 0 aliphatic carbocycles. The van der Waals surface area contributed by atoms with E-state index in [0.717, 1.165) is 31.4 Å². The quantitative estimate of drug-likeness (QED) is 0.876. The van der Waals surface area contributed by atoms with E-state index in [1.165, 1.54) is 38.9 Å². The van der Waals surface area contributed by atoms with E-state index >= 15 is 0 Å². The molecular weight excluding hydrogens is 268 g/mol. The molecule has 0 amide bonds. The van der Waals surface area contributed by atoms with Crippen LogP contribution in [-0.4, -0.2) is 52.5 Å². The summed E-state index contributed by atoms with van der Waals surface area (Å²) in [6.07, 6.45) is 4.56. The Hall–Kier alpha value is -1.14. The van der Waals surface area contributed by atoms with E-state index in [2.05, 4.69) is 15.1 Å². The smallest absolute Gasteiger partial charge is 0.343 e. The molecule has 0 saturated carbocycles. The second-order valence-corrected chi connectivity index (χ2v) is 6.37. The third-order valence-electron chi connectivity index (χ3n) is 4.87. The zero-order valence-electron chi connectivity index (χ0n) is 12.9. The largest absolute Gasteiger partial charge is 0.381 e. The average Bonchev–Trinajstić information content (AvgIpc) is 3.11. The molecule has 6 nitrogen and oxygen atoms in total. The Morgan fingerprint density at radius 1 is 1.29 bits per heavy atom. The molecule has 118 valence electrons. The van der Waals surface area contributed by atoms with E-state index in [1.54, 1.807) is 4.57 Å². The molecule has 0 spiro atoms. The number of hydrogen-bond donors (Lipinski definition) is 1. The first kappa shape index (κ1) is 14.8. The molecule has 3 heterocycles. The van der Waals surface area contributed by atoms with Gasteiger partial charge in [-0.25, -0.2) is 9.89 Å². The molecule has 0 bridgehead atoms. The first-order valence-corrected chi connectivity index (χ1v) is 8.20. The van der Waals surface area contributed by atoms with E-state index in [4.69, 9.17) is 4.74 Å². The number of aromatic nitrogens is 3. The van der Waals surface area contributed by atoms with Gasteiger partial charge in [-0.15, -0.1) is 0 Å².